The van der Waals surface area contributed by atoms with E-state index in [0.29, 0.717) is 12.4 Å². The molecule has 2 aromatic carbocycles. The molecule has 0 atom stereocenters. The van der Waals surface area contributed by atoms with Crippen molar-refractivity contribution < 1.29 is 22.7 Å². The monoisotopic (exact) mass is 395 g/mol. The van der Waals surface area contributed by atoms with Crippen LogP contribution in [-0.2, 0) is 26.2 Å². The lowest BCUT2D eigenvalue weighted by Gasteiger charge is -2.09. The van der Waals surface area contributed by atoms with Gasteiger partial charge in [0.2, 0.25) is 10.0 Å². The molecule has 0 aliphatic carbocycles. The van der Waals surface area contributed by atoms with Crippen molar-refractivity contribution in [3.8, 4) is 5.75 Å². The van der Waals surface area contributed by atoms with Crippen molar-refractivity contribution in [1.82, 2.24) is 4.72 Å². The first-order valence-corrected chi connectivity index (χ1v) is 10.7. The fraction of sp³-hybridized carbons (Fsp3) is 0.278. The highest BCUT2D eigenvalue weighted by Gasteiger charge is 2.16. The van der Waals surface area contributed by atoms with Crippen LogP contribution in [0.15, 0.2) is 58.3 Å². The average Bonchev–Trinajstić information content (AvgIpc) is 2.66. The van der Waals surface area contributed by atoms with E-state index in [2.05, 4.69) is 4.72 Å². The van der Waals surface area contributed by atoms with Crippen molar-refractivity contribution in [3.63, 3.8) is 0 Å². The molecule has 140 valence electrons. The Bertz CT molecular complexity index is 818. The Morgan fingerprint density at radius 1 is 1.08 bits per heavy atom. The van der Waals surface area contributed by atoms with E-state index < -0.39 is 22.5 Å². The standard InChI is InChI=1S/C18H21NO5S2/c1-3-23-15-6-10-17(11-7-15)26(21,22)19-12-18(20)24-13-14-4-8-16(25-2)9-5-14/h4-11,19H,3,12-13H2,1-2H3. The van der Waals surface area contributed by atoms with Gasteiger partial charge in [-0.15, -0.1) is 11.8 Å². The lowest BCUT2D eigenvalue weighted by atomic mass is 10.2. The summed E-state index contributed by atoms with van der Waals surface area (Å²) in [7, 11) is -3.79. The number of nitrogens with one attached hydrogen (secondary N) is 1. The van der Waals surface area contributed by atoms with Crippen LogP contribution in [0.1, 0.15) is 12.5 Å². The molecule has 1 N–H and O–H groups in total. The number of sulfonamides is 1. The number of thioether (sulfide) groups is 1. The summed E-state index contributed by atoms with van der Waals surface area (Å²) in [5, 5.41) is 0. The van der Waals surface area contributed by atoms with Gasteiger partial charge >= 0.3 is 5.97 Å². The van der Waals surface area contributed by atoms with Crippen molar-refractivity contribution in [1.29, 1.82) is 0 Å². The SMILES string of the molecule is CCOc1ccc(S(=O)(=O)NCC(=O)OCc2ccc(SC)cc2)cc1. The Morgan fingerprint density at radius 3 is 2.31 bits per heavy atom. The van der Waals surface area contributed by atoms with Crippen LogP contribution in [0.5, 0.6) is 5.75 Å². The molecule has 0 unspecified atom stereocenters. The number of hydrogen-bond donors (Lipinski definition) is 1. The van der Waals surface area contributed by atoms with Gasteiger partial charge in [-0.1, -0.05) is 12.1 Å². The summed E-state index contributed by atoms with van der Waals surface area (Å²) in [6.45, 7) is 2.00. The number of carbonyl (C=O) groups excluding carboxylic acids is 1. The number of esters is 1. The molecular weight excluding hydrogens is 374 g/mol. The lowest BCUT2D eigenvalue weighted by molar-refractivity contribution is -0.143. The van der Waals surface area contributed by atoms with Crippen LogP contribution in [-0.4, -0.2) is 33.8 Å². The highest BCUT2D eigenvalue weighted by molar-refractivity contribution is 7.98. The molecule has 0 fully saturated rings. The predicted octanol–water partition coefficient (Wildman–Crippen LogP) is 2.83. The third-order valence-electron chi connectivity index (χ3n) is 3.41. The van der Waals surface area contributed by atoms with Crippen LogP contribution in [0.4, 0.5) is 0 Å². The first kappa shape index (κ1) is 20.3. The maximum absolute atomic E-state index is 12.2. The summed E-state index contributed by atoms with van der Waals surface area (Å²) < 4.78 is 37.0. The molecule has 0 bridgehead atoms. The minimum absolute atomic E-state index is 0.0569. The maximum Gasteiger partial charge on any atom is 0.321 e. The zero-order valence-corrected chi connectivity index (χ0v) is 16.2. The summed E-state index contributed by atoms with van der Waals surface area (Å²) in [6.07, 6.45) is 1.98. The van der Waals surface area contributed by atoms with Crippen LogP contribution in [0, 0.1) is 0 Å². The second-order valence-electron chi connectivity index (χ2n) is 5.24. The van der Waals surface area contributed by atoms with Crippen LogP contribution in [0.3, 0.4) is 0 Å². The first-order chi connectivity index (χ1) is 12.4. The number of benzene rings is 2. The van der Waals surface area contributed by atoms with Crippen molar-refractivity contribution in [2.45, 2.75) is 23.3 Å². The molecule has 0 aliphatic heterocycles. The smallest absolute Gasteiger partial charge is 0.321 e. The van der Waals surface area contributed by atoms with Crippen molar-refractivity contribution >= 4 is 27.8 Å². The molecule has 0 amide bonds. The van der Waals surface area contributed by atoms with Gasteiger partial charge in [0.05, 0.1) is 11.5 Å². The van der Waals surface area contributed by atoms with Gasteiger partial charge in [0.1, 0.15) is 18.9 Å². The van der Waals surface area contributed by atoms with Crippen molar-refractivity contribution in [3.05, 3.63) is 54.1 Å². The number of carbonyl (C=O) groups is 1. The van der Waals surface area contributed by atoms with E-state index in [1.54, 1.807) is 23.9 Å². The predicted molar refractivity (Wildman–Crippen MR) is 101 cm³/mol. The Balaban J connectivity index is 1.84. The summed E-state index contributed by atoms with van der Waals surface area (Å²) >= 11 is 1.62. The van der Waals surface area contributed by atoms with Gasteiger partial charge in [-0.25, -0.2) is 8.42 Å². The average molecular weight is 396 g/mol. The normalized spacial score (nSPS) is 11.2. The van der Waals surface area contributed by atoms with Crippen LogP contribution in [0.25, 0.3) is 0 Å². The molecule has 0 spiro atoms. The highest BCUT2D eigenvalue weighted by atomic mass is 32.2. The van der Waals surface area contributed by atoms with E-state index in [4.69, 9.17) is 9.47 Å². The minimum atomic E-state index is -3.79. The topological polar surface area (TPSA) is 81.7 Å². The molecule has 6 nitrogen and oxygen atoms in total. The Labute approximate surface area is 158 Å². The van der Waals surface area contributed by atoms with E-state index in [-0.39, 0.29) is 11.5 Å². The Hall–Kier alpha value is -2.03. The summed E-state index contributed by atoms with van der Waals surface area (Å²) in [6, 6.07) is 13.6. The molecule has 0 heterocycles. The molecule has 0 aliphatic rings. The van der Waals surface area contributed by atoms with Crippen molar-refractivity contribution in [2.75, 3.05) is 19.4 Å². The molecular formula is C18H21NO5S2. The minimum Gasteiger partial charge on any atom is -0.494 e. The van der Waals surface area contributed by atoms with Gasteiger partial charge in [0.25, 0.3) is 0 Å². The molecule has 8 heteroatoms. The number of rotatable bonds is 9. The van der Waals surface area contributed by atoms with E-state index in [1.807, 2.05) is 37.4 Å². The molecule has 0 radical (unpaired) electrons. The van der Waals surface area contributed by atoms with Gasteiger partial charge in [-0.3, -0.25) is 4.79 Å². The van der Waals surface area contributed by atoms with Gasteiger partial charge < -0.3 is 9.47 Å². The fourth-order valence-electron chi connectivity index (χ4n) is 2.06. The van der Waals surface area contributed by atoms with Gasteiger partial charge in [0.15, 0.2) is 0 Å². The van der Waals surface area contributed by atoms with Crippen LogP contribution >= 0.6 is 11.8 Å². The van der Waals surface area contributed by atoms with E-state index in [9.17, 15) is 13.2 Å². The zero-order chi connectivity index (χ0) is 19.0. The molecule has 2 rings (SSSR count). The van der Waals surface area contributed by atoms with Crippen LogP contribution < -0.4 is 9.46 Å². The third-order valence-corrected chi connectivity index (χ3v) is 5.57. The van der Waals surface area contributed by atoms with E-state index >= 15 is 0 Å². The third kappa shape index (κ3) is 6.05. The lowest BCUT2D eigenvalue weighted by Crippen LogP contribution is -2.30. The molecule has 0 saturated heterocycles. The molecule has 26 heavy (non-hydrogen) atoms. The number of ether oxygens (including phenoxy) is 2. The largest absolute Gasteiger partial charge is 0.494 e. The second-order valence-corrected chi connectivity index (χ2v) is 7.88. The highest BCUT2D eigenvalue weighted by Crippen LogP contribution is 2.16. The van der Waals surface area contributed by atoms with Gasteiger partial charge in [-0.05, 0) is 55.1 Å². The summed E-state index contributed by atoms with van der Waals surface area (Å²) in [5.74, 6) is -0.0631. The molecule has 2 aromatic rings. The second kappa shape index (κ2) is 9.61. The van der Waals surface area contributed by atoms with Crippen LogP contribution in [0.2, 0.25) is 0 Å². The van der Waals surface area contributed by atoms with E-state index in [0.717, 1.165) is 10.5 Å². The Morgan fingerprint density at radius 2 is 1.73 bits per heavy atom. The number of hydrogen-bond acceptors (Lipinski definition) is 6. The van der Waals surface area contributed by atoms with Gasteiger partial charge in [-0.2, -0.15) is 4.72 Å². The molecule has 0 aromatic heterocycles. The van der Waals surface area contributed by atoms with Gasteiger partial charge in [0, 0.05) is 4.90 Å². The first-order valence-electron chi connectivity index (χ1n) is 7.95. The zero-order valence-electron chi connectivity index (χ0n) is 14.6. The Kier molecular flexibility index (Phi) is 7.50. The summed E-state index contributed by atoms with van der Waals surface area (Å²) in [5.41, 5.74) is 0.838. The van der Waals surface area contributed by atoms with E-state index in [1.165, 1.54) is 12.1 Å². The summed E-state index contributed by atoms with van der Waals surface area (Å²) in [4.78, 5) is 13.0. The molecule has 0 saturated carbocycles. The van der Waals surface area contributed by atoms with Crippen molar-refractivity contribution in [2.24, 2.45) is 0 Å². The quantitative estimate of drug-likeness (QED) is 0.519. The maximum atomic E-state index is 12.2. The fourth-order valence-corrected chi connectivity index (χ4v) is 3.43.